The third-order valence-corrected chi connectivity index (χ3v) is 4.64. The van der Waals surface area contributed by atoms with Gasteiger partial charge in [0.15, 0.2) is 0 Å². The lowest BCUT2D eigenvalue weighted by Crippen LogP contribution is -2.26. The first-order chi connectivity index (χ1) is 14.2. The summed E-state index contributed by atoms with van der Waals surface area (Å²) in [5.74, 6) is 1.03. The molecule has 2 aliphatic carbocycles. The number of amides is 1. The molecule has 0 aliphatic heterocycles. The maximum Gasteiger partial charge on any atom is 0.222 e. The fourth-order valence-corrected chi connectivity index (χ4v) is 2.61. The molecule has 0 bridgehead atoms. The zero-order valence-electron chi connectivity index (χ0n) is 17.5. The molecular formula is C21H37NO7. The van der Waals surface area contributed by atoms with Crippen molar-refractivity contribution in [3.8, 4) is 0 Å². The highest BCUT2D eigenvalue weighted by Gasteiger charge is 2.24. The molecule has 8 heteroatoms. The van der Waals surface area contributed by atoms with E-state index in [0.29, 0.717) is 96.7 Å². The van der Waals surface area contributed by atoms with Gasteiger partial charge in [0, 0.05) is 25.3 Å². The highest BCUT2D eigenvalue weighted by Crippen LogP contribution is 2.32. The summed E-state index contributed by atoms with van der Waals surface area (Å²) in [4.78, 5) is 23.0. The summed E-state index contributed by atoms with van der Waals surface area (Å²) in [6.07, 6.45) is 6.28. The van der Waals surface area contributed by atoms with Gasteiger partial charge >= 0.3 is 0 Å². The van der Waals surface area contributed by atoms with Gasteiger partial charge in [0.05, 0.1) is 66.1 Å². The van der Waals surface area contributed by atoms with Crippen LogP contribution in [-0.2, 0) is 33.3 Å². The van der Waals surface area contributed by atoms with Crippen LogP contribution in [0.25, 0.3) is 0 Å². The van der Waals surface area contributed by atoms with Crippen LogP contribution in [0.4, 0.5) is 0 Å². The van der Waals surface area contributed by atoms with E-state index in [1.165, 1.54) is 12.8 Å². The summed E-state index contributed by atoms with van der Waals surface area (Å²) in [5.41, 5.74) is 0. The van der Waals surface area contributed by atoms with Gasteiger partial charge in [-0.15, -0.1) is 0 Å². The van der Waals surface area contributed by atoms with Gasteiger partial charge in [-0.3, -0.25) is 9.59 Å². The van der Waals surface area contributed by atoms with Crippen molar-refractivity contribution in [2.75, 3.05) is 66.1 Å². The second kappa shape index (κ2) is 15.7. The van der Waals surface area contributed by atoms with E-state index in [-0.39, 0.29) is 5.91 Å². The summed E-state index contributed by atoms with van der Waals surface area (Å²) in [5, 5.41) is 2.92. The van der Waals surface area contributed by atoms with Crippen molar-refractivity contribution in [2.45, 2.75) is 51.0 Å². The van der Waals surface area contributed by atoms with Crippen LogP contribution in [0.2, 0.25) is 0 Å². The van der Waals surface area contributed by atoms with Crippen molar-refractivity contribution in [3.63, 3.8) is 0 Å². The molecular weight excluding hydrogens is 378 g/mol. The maximum absolute atomic E-state index is 11.5. The van der Waals surface area contributed by atoms with E-state index in [0.717, 1.165) is 19.3 Å². The van der Waals surface area contributed by atoms with Gasteiger partial charge in [-0.05, 0) is 31.6 Å². The molecule has 0 aromatic rings. The molecule has 2 aliphatic rings. The van der Waals surface area contributed by atoms with E-state index in [1.807, 2.05) is 0 Å². The van der Waals surface area contributed by atoms with Crippen LogP contribution in [0.15, 0.2) is 0 Å². The Hall–Kier alpha value is -1.06. The molecule has 1 N–H and O–H groups in total. The molecule has 2 rings (SSSR count). The van der Waals surface area contributed by atoms with E-state index in [9.17, 15) is 9.59 Å². The van der Waals surface area contributed by atoms with E-state index < -0.39 is 0 Å². The lowest BCUT2D eigenvalue weighted by molar-refractivity contribution is -0.122. The van der Waals surface area contributed by atoms with Gasteiger partial charge in [0.2, 0.25) is 5.91 Å². The Bertz CT molecular complexity index is 412. The fraction of sp³-hybridized carbons (Fsp3) is 0.905. The Balaban J connectivity index is 1.18. The molecule has 0 radical (unpaired) electrons. The molecule has 29 heavy (non-hydrogen) atoms. The molecule has 2 fully saturated rings. The van der Waals surface area contributed by atoms with Crippen molar-refractivity contribution < 1.29 is 33.3 Å². The number of hydrogen-bond acceptors (Lipinski definition) is 7. The zero-order valence-corrected chi connectivity index (χ0v) is 17.5. The lowest BCUT2D eigenvalue weighted by atomic mass is 10.1. The first-order valence-corrected chi connectivity index (χ1v) is 10.9. The summed E-state index contributed by atoms with van der Waals surface area (Å²) in [7, 11) is 0. The average molecular weight is 416 g/mol. The van der Waals surface area contributed by atoms with Crippen molar-refractivity contribution in [3.05, 3.63) is 0 Å². The first-order valence-electron chi connectivity index (χ1n) is 10.9. The van der Waals surface area contributed by atoms with Gasteiger partial charge in [0.1, 0.15) is 5.78 Å². The Kier molecular flexibility index (Phi) is 13.1. The molecule has 1 amide bonds. The van der Waals surface area contributed by atoms with Crippen molar-refractivity contribution in [1.29, 1.82) is 0 Å². The van der Waals surface area contributed by atoms with E-state index in [1.54, 1.807) is 0 Å². The topological polar surface area (TPSA) is 92.3 Å². The largest absolute Gasteiger partial charge is 0.379 e. The molecule has 0 heterocycles. The van der Waals surface area contributed by atoms with Crippen molar-refractivity contribution in [2.24, 2.45) is 5.92 Å². The predicted molar refractivity (Wildman–Crippen MR) is 107 cm³/mol. The summed E-state index contributed by atoms with van der Waals surface area (Å²) in [6.45, 7) is 4.92. The number of rotatable bonds is 21. The quantitative estimate of drug-likeness (QED) is 0.284. The van der Waals surface area contributed by atoms with Gasteiger partial charge < -0.3 is 29.0 Å². The number of carbonyl (C=O) groups excluding carboxylic acids is 2. The van der Waals surface area contributed by atoms with Crippen molar-refractivity contribution >= 4 is 11.7 Å². The van der Waals surface area contributed by atoms with Crippen LogP contribution in [0, 0.1) is 5.92 Å². The van der Waals surface area contributed by atoms with Crippen LogP contribution in [0.1, 0.15) is 44.9 Å². The standard InChI is InChI=1S/C21H37NO7/c23-20(17-18-1-2-18)5-7-25-9-11-27-13-15-29-16-14-28-12-10-26-8-6-21(24)22-19-3-4-19/h18-19H,1-17H2,(H,22,24). The molecule has 0 saturated heterocycles. The molecule has 0 aromatic heterocycles. The van der Waals surface area contributed by atoms with Gasteiger partial charge in [-0.2, -0.15) is 0 Å². The summed E-state index contributed by atoms with van der Waals surface area (Å²) >= 11 is 0. The summed E-state index contributed by atoms with van der Waals surface area (Å²) in [6, 6.07) is 0.405. The number of nitrogens with one attached hydrogen (secondary N) is 1. The Morgan fingerprint density at radius 2 is 1.07 bits per heavy atom. The highest BCUT2D eigenvalue weighted by atomic mass is 16.6. The van der Waals surface area contributed by atoms with Crippen LogP contribution < -0.4 is 5.32 Å². The highest BCUT2D eigenvalue weighted by molar-refractivity contribution is 5.79. The summed E-state index contributed by atoms with van der Waals surface area (Å²) < 4.78 is 27.0. The van der Waals surface area contributed by atoms with E-state index >= 15 is 0 Å². The molecule has 0 unspecified atom stereocenters. The molecule has 168 valence electrons. The Labute approximate surface area is 173 Å². The molecule has 8 nitrogen and oxygen atoms in total. The number of Topliss-reactive ketones (excluding diaryl/α,β-unsaturated/α-hetero) is 1. The van der Waals surface area contributed by atoms with Crippen LogP contribution in [0.5, 0.6) is 0 Å². The van der Waals surface area contributed by atoms with Crippen LogP contribution in [-0.4, -0.2) is 83.8 Å². The number of ether oxygens (including phenoxy) is 5. The molecule has 0 spiro atoms. The predicted octanol–water partition coefficient (Wildman–Crippen LogP) is 1.50. The molecule has 0 aromatic carbocycles. The normalized spacial score (nSPS) is 16.1. The SMILES string of the molecule is O=C(CCOCCOCCOCCOCCOCCC(=O)NC1CC1)CC1CC1. The minimum absolute atomic E-state index is 0.0644. The van der Waals surface area contributed by atoms with Crippen LogP contribution >= 0.6 is 0 Å². The third kappa shape index (κ3) is 15.4. The van der Waals surface area contributed by atoms with Gasteiger partial charge in [-0.25, -0.2) is 0 Å². The van der Waals surface area contributed by atoms with Crippen molar-refractivity contribution in [1.82, 2.24) is 5.32 Å². The Morgan fingerprint density at radius 3 is 1.52 bits per heavy atom. The van der Waals surface area contributed by atoms with Crippen LogP contribution in [0.3, 0.4) is 0 Å². The minimum atomic E-state index is 0.0644. The number of ketones is 1. The molecule has 0 atom stereocenters. The van der Waals surface area contributed by atoms with Gasteiger partial charge in [0.25, 0.3) is 0 Å². The minimum Gasteiger partial charge on any atom is -0.379 e. The third-order valence-electron chi connectivity index (χ3n) is 4.64. The second-order valence-corrected chi connectivity index (χ2v) is 7.59. The average Bonchev–Trinajstić information content (AvgIpc) is 3.61. The number of carbonyl (C=O) groups is 2. The smallest absolute Gasteiger partial charge is 0.222 e. The lowest BCUT2D eigenvalue weighted by Gasteiger charge is -2.08. The monoisotopic (exact) mass is 415 g/mol. The van der Waals surface area contributed by atoms with Gasteiger partial charge in [-0.1, -0.05) is 0 Å². The van der Waals surface area contributed by atoms with E-state index in [4.69, 9.17) is 23.7 Å². The number of hydrogen-bond donors (Lipinski definition) is 1. The fourth-order valence-electron chi connectivity index (χ4n) is 2.61. The zero-order chi connectivity index (χ0) is 20.6. The Morgan fingerprint density at radius 1 is 0.621 bits per heavy atom. The van der Waals surface area contributed by atoms with E-state index in [2.05, 4.69) is 5.32 Å². The maximum atomic E-state index is 11.5. The second-order valence-electron chi connectivity index (χ2n) is 7.59. The molecule has 2 saturated carbocycles. The first kappa shape index (κ1) is 24.2.